The predicted octanol–water partition coefficient (Wildman–Crippen LogP) is 1.31. The molecule has 0 N–H and O–H groups in total. The molecule has 0 unspecified atom stereocenters. The lowest BCUT2D eigenvalue weighted by atomic mass is 10.1. The molecule has 0 atom stereocenters. The molecule has 0 spiro atoms. The summed E-state index contributed by atoms with van der Waals surface area (Å²) < 4.78 is 2.06. The van der Waals surface area contributed by atoms with E-state index < -0.39 is 0 Å². The first kappa shape index (κ1) is 15.7. The maximum Gasteiger partial charge on any atom is 0.146 e. The third kappa shape index (κ3) is 3.76. The number of hydrogen-bond acceptors (Lipinski definition) is 5. The summed E-state index contributed by atoms with van der Waals surface area (Å²) in [6.07, 6.45) is 0. The fourth-order valence-corrected chi connectivity index (χ4v) is 2.84. The van der Waals surface area contributed by atoms with E-state index in [4.69, 9.17) is 5.26 Å². The standard InChI is InChI=1S/C17H22N6/c1-14-19-20-17(21(14)2)13-23-9-7-22(8-10-23)12-16-5-3-15(11-18)4-6-16/h3-6H,7-10,12-13H2,1-2H3. The quantitative estimate of drug-likeness (QED) is 0.852. The lowest BCUT2D eigenvalue weighted by molar-refractivity contribution is 0.119. The summed E-state index contributed by atoms with van der Waals surface area (Å²) >= 11 is 0. The molecular weight excluding hydrogens is 288 g/mol. The molecule has 2 aromatic rings. The zero-order chi connectivity index (χ0) is 16.2. The van der Waals surface area contributed by atoms with Gasteiger partial charge >= 0.3 is 0 Å². The van der Waals surface area contributed by atoms with Crippen molar-refractivity contribution in [3.8, 4) is 6.07 Å². The smallest absolute Gasteiger partial charge is 0.146 e. The van der Waals surface area contributed by atoms with Crippen molar-refractivity contribution in [3.63, 3.8) is 0 Å². The number of aryl methyl sites for hydroxylation is 1. The molecular formula is C17H22N6. The van der Waals surface area contributed by atoms with Gasteiger partial charge in [-0.1, -0.05) is 12.1 Å². The molecule has 1 aliphatic heterocycles. The number of nitriles is 1. The van der Waals surface area contributed by atoms with E-state index in [9.17, 15) is 0 Å². The number of hydrogen-bond donors (Lipinski definition) is 0. The normalized spacial score (nSPS) is 16.4. The molecule has 6 heteroatoms. The molecule has 1 aromatic heterocycles. The topological polar surface area (TPSA) is 61.0 Å². The van der Waals surface area contributed by atoms with Crippen LogP contribution in [0.3, 0.4) is 0 Å². The molecule has 1 aromatic carbocycles. The zero-order valence-corrected chi connectivity index (χ0v) is 13.7. The Kier molecular flexibility index (Phi) is 4.70. The molecule has 0 bridgehead atoms. The number of piperazine rings is 1. The molecule has 1 fully saturated rings. The molecule has 23 heavy (non-hydrogen) atoms. The molecule has 2 heterocycles. The van der Waals surface area contributed by atoms with Crippen molar-refractivity contribution in [2.75, 3.05) is 26.2 Å². The number of rotatable bonds is 4. The van der Waals surface area contributed by atoms with E-state index in [0.29, 0.717) is 0 Å². The van der Waals surface area contributed by atoms with Gasteiger partial charge in [0.05, 0.1) is 18.2 Å². The third-order valence-electron chi connectivity index (χ3n) is 4.50. The van der Waals surface area contributed by atoms with Crippen LogP contribution in [0.15, 0.2) is 24.3 Å². The van der Waals surface area contributed by atoms with Gasteiger partial charge in [-0.05, 0) is 24.6 Å². The van der Waals surface area contributed by atoms with Crippen LogP contribution in [0.2, 0.25) is 0 Å². The van der Waals surface area contributed by atoms with E-state index >= 15 is 0 Å². The molecule has 1 aliphatic rings. The van der Waals surface area contributed by atoms with E-state index in [-0.39, 0.29) is 0 Å². The summed E-state index contributed by atoms with van der Waals surface area (Å²) in [7, 11) is 2.02. The van der Waals surface area contributed by atoms with Crippen molar-refractivity contribution in [2.45, 2.75) is 20.0 Å². The third-order valence-corrected chi connectivity index (χ3v) is 4.50. The van der Waals surface area contributed by atoms with Crippen LogP contribution in [0.4, 0.5) is 0 Å². The Morgan fingerprint density at radius 2 is 1.61 bits per heavy atom. The van der Waals surface area contributed by atoms with Gasteiger partial charge in [-0.2, -0.15) is 5.26 Å². The SMILES string of the molecule is Cc1nnc(CN2CCN(Cc3ccc(C#N)cc3)CC2)n1C. The summed E-state index contributed by atoms with van der Waals surface area (Å²) in [5.74, 6) is 1.99. The highest BCUT2D eigenvalue weighted by Crippen LogP contribution is 2.11. The van der Waals surface area contributed by atoms with Crippen molar-refractivity contribution < 1.29 is 0 Å². The van der Waals surface area contributed by atoms with Gasteiger partial charge in [0.15, 0.2) is 0 Å². The van der Waals surface area contributed by atoms with Gasteiger partial charge in [0.25, 0.3) is 0 Å². The second kappa shape index (κ2) is 6.90. The highest BCUT2D eigenvalue weighted by Gasteiger charge is 2.19. The minimum atomic E-state index is 0.720. The van der Waals surface area contributed by atoms with Crippen LogP contribution in [-0.4, -0.2) is 50.7 Å². The van der Waals surface area contributed by atoms with Crippen LogP contribution in [-0.2, 0) is 20.1 Å². The average Bonchev–Trinajstić information content (AvgIpc) is 2.89. The van der Waals surface area contributed by atoms with Crippen molar-refractivity contribution in [2.24, 2.45) is 7.05 Å². The summed E-state index contributed by atoms with van der Waals surface area (Å²) in [4.78, 5) is 4.89. The molecule has 120 valence electrons. The first-order valence-corrected chi connectivity index (χ1v) is 7.94. The maximum absolute atomic E-state index is 8.84. The van der Waals surface area contributed by atoms with Crippen molar-refractivity contribution in [1.82, 2.24) is 24.6 Å². The second-order valence-electron chi connectivity index (χ2n) is 6.08. The molecule has 0 radical (unpaired) electrons. The van der Waals surface area contributed by atoms with Crippen molar-refractivity contribution in [3.05, 3.63) is 47.0 Å². The zero-order valence-electron chi connectivity index (χ0n) is 13.7. The maximum atomic E-state index is 8.84. The average molecular weight is 310 g/mol. The van der Waals surface area contributed by atoms with Gasteiger partial charge in [-0.15, -0.1) is 10.2 Å². The largest absolute Gasteiger partial charge is 0.317 e. The van der Waals surface area contributed by atoms with Crippen molar-refractivity contribution in [1.29, 1.82) is 5.26 Å². The highest BCUT2D eigenvalue weighted by molar-refractivity contribution is 5.31. The second-order valence-corrected chi connectivity index (χ2v) is 6.08. The molecule has 3 rings (SSSR count). The first-order valence-electron chi connectivity index (χ1n) is 7.94. The van der Waals surface area contributed by atoms with Crippen LogP contribution >= 0.6 is 0 Å². The summed E-state index contributed by atoms with van der Waals surface area (Å²) in [6, 6.07) is 10.0. The molecule has 1 saturated heterocycles. The van der Waals surface area contributed by atoms with Gasteiger partial charge in [0.1, 0.15) is 11.6 Å². The van der Waals surface area contributed by atoms with E-state index in [2.05, 4.69) is 30.6 Å². The van der Waals surface area contributed by atoms with E-state index in [1.807, 2.05) is 38.2 Å². The Bertz CT molecular complexity index is 689. The monoisotopic (exact) mass is 310 g/mol. The van der Waals surface area contributed by atoms with Crippen LogP contribution in [0.25, 0.3) is 0 Å². The van der Waals surface area contributed by atoms with E-state index in [1.54, 1.807) is 0 Å². The van der Waals surface area contributed by atoms with Crippen LogP contribution in [0, 0.1) is 18.3 Å². The van der Waals surface area contributed by atoms with Crippen LogP contribution in [0.5, 0.6) is 0 Å². The van der Waals surface area contributed by atoms with E-state index in [0.717, 1.165) is 56.5 Å². The molecule has 0 amide bonds. The van der Waals surface area contributed by atoms with Gasteiger partial charge in [-0.25, -0.2) is 0 Å². The number of benzene rings is 1. The summed E-state index contributed by atoms with van der Waals surface area (Å²) in [5.41, 5.74) is 1.99. The molecule has 0 saturated carbocycles. The van der Waals surface area contributed by atoms with Gasteiger partial charge in [-0.3, -0.25) is 9.80 Å². The minimum absolute atomic E-state index is 0.720. The molecule has 0 aliphatic carbocycles. The highest BCUT2D eigenvalue weighted by atomic mass is 15.3. The Morgan fingerprint density at radius 1 is 1.00 bits per heavy atom. The van der Waals surface area contributed by atoms with Crippen LogP contribution < -0.4 is 0 Å². The predicted molar refractivity (Wildman–Crippen MR) is 87.5 cm³/mol. The fraction of sp³-hybridized carbons (Fsp3) is 0.471. The van der Waals surface area contributed by atoms with Gasteiger partial charge in [0.2, 0.25) is 0 Å². The summed E-state index contributed by atoms with van der Waals surface area (Å²) in [6.45, 7) is 7.98. The van der Waals surface area contributed by atoms with Crippen molar-refractivity contribution >= 4 is 0 Å². The molecule has 6 nitrogen and oxygen atoms in total. The van der Waals surface area contributed by atoms with E-state index in [1.165, 1.54) is 5.56 Å². The summed E-state index contributed by atoms with van der Waals surface area (Å²) in [5, 5.41) is 17.2. The Morgan fingerprint density at radius 3 is 2.13 bits per heavy atom. The van der Waals surface area contributed by atoms with Gasteiger partial charge in [0, 0.05) is 39.8 Å². The first-order chi connectivity index (χ1) is 11.2. The fourth-order valence-electron chi connectivity index (χ4n) is 2.84. The Hall–Kier alpha value is -2.23. The van der Waals surface area contributed by atoms with Crippen LogP contribution in [0.1, 0.15) is 22.8 Å². The Labute approximate surface area is 137 Å². The lowest BCUT2D eigenvalue weighted by Gasteiger charge is -2.34. The lowest BCUT2D eigenvalue weighted by Crippen LogP contribution is -2.45. The number of nitrogens with zero attached hydrogens (tertiary/aromatic N) is 6. The minimum Gasteiger partial charge on any atom is -0.317 e. The number of aromatic nitrogens is 3. The Balaban J connectivity index is 1.50. The van der Waals surface area contributed by atoms with Gasteiger partial charge < -0.3 is 4.57 Å².